The van der Waals surface area contributed by atoms with Crippen LogP contribution in [0.2, 0.25) is 0 Å². The fourth-order valence-electron chi connectivity index (χ4n) is 3.17. The van der Waals surface area contributed by atoms with Crippen molar-refractivity contribution in [2.75, 3.05) is 6.16 Å². The summed E-state index contributed by atoms with van der Waals surface area (Å²) in [7, 11) is -0.394. The Morgan fingerprint density at radius 1 is 0.778 bits per heavy atom. The Labute approximate surface area is 166 Å². The molecule has 0 bridgehead atoms. The molecule has 0 amide bonds. The number of rotatable bonds is 6. The summed E-state index contributed by atoms with van der Waals surface area (Å²) >= 11 is 1.75. The van der Waals surface area contributed by atoms with Gasteiger partial charge in [-0.1, -0.05) is 97.9 Å². The van der Waals surface area contributed by atoms with Crippen molar-refractivity contribution in [1.29, 1.82) is 0 Å². The minimum atomic E-state index is -0.394. The summed E-state index contributed by atoms with van der Waals surface area (Å²) in [6, 6.07) is 32.3. The lowest BCUT2D eigenvalue weighted by atomic mass is 10.1. The summed E-state index contributed by atoms with van der Waals surface area (Å²) < 4.78 is 0. The maximum absolute atomic E-state index is 4.95. The maximum atomic E-state index is 4.95. The molecular weight excluding hydrogens is 365 g/mol. The molecule has 0 aliphatic rings. The molecule has 3 heteroatoms. The second-order valence-electron chi connectivity index (χ2n) is 6.63. The van der Waals surface area contributed by atoms with Gasteiger partial charge in [0.1, 0.15) is 5.01 Å². The highest BCUT2D eigenvalue weighted by Gasteiger charge is 2.20. The topological polar surface area (TPSA) is 12.9 Å². The number of hydrogen-bond acceptors (Lipinski definition) is 2. The van der Waals surface area contributed by atoms with E-state index < -0.39 is 7.92 Å². The monoisotopic (exact) mass is 387 g/mol. The highest BCUT2D eigenvalue weighted by atomic mass is 32.1. The molecule has 0 fully saturated rings. The summed E-state index contributed by atoms with van der Waals surface area (Å²) in [6.07, 6.45) is 1.11. The van der Waals surface area contributed by atoms with E-state index in [-0.39, 0.29) is 0 Å². The number of nitrogens with zero attached hydrogens (tertiary/aromatic N) is 1. The van der Waals surface area contributed by atoms with E-state index in [4.69, 9.17) is 4.98 Å². The first-order valence-electron chi connectivity index (χ1n) is 9.20. The predicted octanol–water partition coefficient (Wildman–Crippen LogP) is 6.05. The van der Waals surface area contributed by atoms with Crippen LogP contribution in [0.4, 0.5) is 0 Å². The highest BCUT2D eigenvalue weighted by Crippen LogP contribution is 2.39. The molecule has 0 saturated heterocycles. The number of benzene rings is 3. The summed E-state index contributed by atoms with van der Waals surface area (Å²) in [6.45, 7) is 2.31. The third kappa shape index (κ3) is 4.35. The molecule has 1 nitrogen and oxygen atoms in total. The highest BCUT2D eigenvalue weighted by molar-refractivity contribution is 7.73. The van der Waals surface area contributed by atoms with Gasteiger partial charge in [0.15, 0.2) is 0 Å². The molecular formula is C24H22NPS. The van der Waals surface area contributed by atoms with Gasteiger partial charge in [-0.2, -0.15) is 0 Å². The Balaban J connectivity index is 1.59. The second-order valence-corrected chi connectivity index (χ2v) is 9.74. The molecule has 1 atom stereocenters. The predicted molar refractivity (Wildman–Crippen MR) is 120 cm³/mol. The average molecular weight is 387 g/mol. The van der Waals surface area contributed by atoms with E-state index in [9.17, 15) is 0 Å². The summed E-state index contributed by atoms with van der Waals surface area (Å²) in [5.41, 5.74) is 2.41. The van der Waals surface area contributed by atoms with Gasteiger partial charge >= 0.3 is 0 Å². The van der Waals surface area contributed by atoms with Crippen LogP contribution in [-0.4, -0.2) is 11.1 Å². The molecule has 0 aliphatic carbocycles. The zero-order chi connectivity index (χ0) is 18.5. The molecule has 0 aliphatic heterocycles. The molecule has 0 unspecified atom stereocenters. The van der Waals surface area contributed by atoms with Gasteiger partial charge in [0.25, 0.3) is 0 Å². The third-order valence-electron chi connectivity index (χ3n) is 4.64. The summed E-state index contributed by atoms with van der Waals surface area (Å²) in [5, 5.41) is 6.21. The standard InChI is InChI=1S/C24H22NPS/c1-19(23-18-27-24(25-23)20-11-5-2-6-12-20)17-26(21-13-7-3-8-14-21)22-15-9-4-10-16-22/h2-16,18-19H,17H2,1H3/t19-/m0/s1. The van der Waals surface area contributed by atoms with E-state index in [1.165, 1.54) is 21.9 Å². The van der Waals surface area contributed by atoms with Crippen LogP contribution in [0.1, 0.15) is 18.5 Å². The summed E-state index contributed by atoms with van der Waals surface area (Å²) in [4.78, 5) is 4.95. The molecule has 0 radical (unpaired) electrons. The van der Waals surface area contributed by atoms with Crippen LogP contribution in [-0.2, 0) is 0 Å². The van der Waals surface area contributed by atoms with Crippen molar-refractivity contribution in [3.63, 3.8) is 0 Å². The molecule has 134 valence electrons. The van der Waals surface area contributed by atoms with Crippen LogP contribution < -0.4 is 10.6 Å². The zero-order valence-corrected chi connectivity index (χ0v) is 17.0. The van der Waals surface area contributed by atoms with Gasteiger partial charge in [-0.05, 0) is 24.7 Å². The normalized spacial score (nSPS) is 12.2. The fourth-order valence-corrected chi connectivity index (χ4v) is 6.64. The molecule has 27 heavy (non-hydrogen) atoms. The van der Waals surface area contributed by atoms with Crippen molar-refractivity contribution in [2.24, 2.45) is 0 Å². The van der Waals surface area contributed by atoms with Crippen molar-refractivity contribution >= 4 is 29.9 Å². The van der Waals surface area contributed by atoms with Gasteiger partial charge in [-0.3, -0.25) is 0 Å². The SMILES string of the molecule is C[C@@H](CP(c1ccccc1)c1ccccc1)c1csc(-c2ccccc2)n1. The van der Waals surface area contributed by atoms with E-state index in [1.54, 1.807) is 11.3 Å². The molecule has 4 aromatic rings. The van der Waals surface area contributed by atoms with Crippen LogP contribution in [0.15, 0.2) is 96.4 Å². The Kier molecular flexibility index (Phi) is 5.77. The van der Waals surface area contributed by atoms with Crippen molar-refractivity contribution < 1.29 is 0 Å². The quantitative estimate of drug-likeness (QED) is 0.367. The largest absolute Gasteiger partial charge is 0.241 e. The van der Waals surface area contributed by atoms with Crippen molar-refractivity contribution in [3.05, 3.63) is 102 Å². The van der Waals surface area contributed by atoms with Gasteiger partial charge in [0, 0.05) is 16.9 Å². The van der Waals surface area contributed by atoms with Crippen molar-refractivity contribution in [3.8, 4) is 10.6 Å². The number of aromatic nitrogens is 1. The van der Waals surface area contributed by atoms with Crippen LogP contribution in [0, 0.1) is 0 Å². The Morgan fingerprint density at radius 3 is 1.85 bits per heavy atom. The van der Waals surface area contributed by atoms with Gasteiger partial charge < -0.3 is 0 Å². The van der Waals surface area contributed by atoms with Gasteiger partial charge in [-0.25, -0.2) is 4.98 Å². The van der Waals surface area contributed by atoms with Gasteiger partial charge in [0.05, 0.1) is 5.69 Å². The first-order chi connectivity index (χ1) is 13.3. The minimum Gasteiger partial charge on any atom is -0.241 e. The van der Waals surface area contributed by atoms with Crippen LogP contribution in [0.3, 0.4) is 0 Å². The molecule has 4 rings (SSSR count). The van der Waals surface area contributed by atoms with Crippen LogP contribution >= 0.6 is 19.3 Å². The number of thiazole rings is 1. The zero-order valence-electron chi connectivity index (χ0n) is 15.3. The smallest absolute Gasteiger partial charge is 0.123 e. The van der Waals surface area contributed by atoms with Gasteiger partial charge in [0.2, 0.25) is 0 Å². The van der Waals surface area contributed by atoms with E-state index in [2.05, 4.69) is 97.2 Å². The molecule has 0 saturated carbocycles. The van der Waals surface area contributed by atoms with E-state index in [1.807, 2.05) is 6.07 Å². The number of hydrogen-bond donors (Lipinski definition) is 0. The van der Waals surface area contributed by atoms with Crippen LogP contribution in [0.25, 0.3) is 10.6 Å². The van der Waals surface area contributed by atoms with Gasteiger partial charge in [-0.15, -0.1) is 11.3 Å². The maximum Gasteiger partial charge on any atom is 0.123 e. The van der Waals surface area contributed by atoms with E-state index in [0.717, 1.165) is 11.2 Å². The fraction of sp³-hybridized carbons (Fsp3) is 0.125. The Hall–Kier alpha value is -2.28. The summed E-state index contributed by atoms with van der Waals surface area (Å²) in [5.74, 6) is 0.422. The first-order valence-corrected chi connectivity index (χ1v) is 11.6. The van der Waals surface area contributed by atoms with Crippen molar-refractivity contribution in [2.45, 2.75) is 12.8 Å². The molecule has 0 spiro atoms. The van der Waals surface area contributed by atoms with Crippen LogP contribution in [0.5, 0.6) is 0 Å². The second kappa shape index (κ2) is 8.61. The molecule has 0 N–H and O–H groups in total. The Bertz CT molecular complexity index is 927. The van der Waals surface area contributed by atoms with Crippen molar-refractivity contribution in [1.82, 2.24) is 4.98 Å². The first kappa shape index (κ1) is 18.1. The van der Waals surface area contributed by atoms with E-state index >= 15 is 0 Å². The Morgan fingerprint density at radius 2 is 1.30 bits per heavy atom. The third-order valence-corrected chi connectivity index (χ3v) is 8.31. The molecule has 1 aromatic heterocycles. The average Bonchev–Trinajstić information content (AvgIpc) is 3.24. The van der Waals surface area contributed by atoms with E-state index in [0.29, 0.717) is 5.92 Å². The lowest BCUT2D eigenvalue weighted by Crippen LogP contribution is -2.16. The lowest BCUT2D eigenvalue weighted by molar-refractivity contribution is 0.844. The molecule has 1 heterocycles. The minimum absolute atomic E-state index is 0.394. The lowest BCUT2D eigenvalue weighted by Gasteiger charge is -2.22. The molecule has 3 aromatic carbocycles.